The molecule has 0 aliphatic carbocycles. The predicted molar refractivity (Wildman–Crippen MR) is 104 cm³/mol. The number of amides is 1. The number of rotatable bonds is 4. The van der Waals surface area contributed by atoms with E-state index in [0.717, 1.165) is 17.4 Å². The topological polar surface area (TPSA) is 76.7 Å². The Labute approximate surface area is 173 Å². The average molecular weight is 447 g/mol. The number of halogens is 5. The van der Waals surface area contributed by atoms with Crippen molar-refractivity contribution in [2.24, 2.45) is 10.7 Å². The van der Waals surface area contributed by atoms with Gasteiger partial charge in [0.15, 0.2) is 11.5 Å². The van der Waals surface area contributed by atoms with Crippen LogP contribution in [0, 0.1) is 11.6 Å². The van der Waals surface area contributed by atoms with Gasteiger partial charge in [-0.3, -0.25) is 5.32 Å². The summed E-state index contributed by atoms with van der Waals surface area (Å²) in [5.41, 5.74) is 0.711. The second kappa shape index (κ2) is 8.82. The summed E-state index contributed by atoms with van der Waals surface area (Å²) in [6.07, 6.45) is -5.88. The normalized spacial score (nSPS) is 13.3. The summed E-state index contributed by atoms with van der Waals surface area (Å²) >= 11 is 1.06. The first-order valence-electron chi connectivity index (χ1n) is 8.43. The first-order valence-corrected chi connectivity index (χ1v) is 9.31. The SMILES string of the molecule is CC(C)(C)OC(=O)NC(=CN)C(=Nc1c(F)cc(F)cc1-c1cccs1)C(F)(F)F. The molecule has 0 atom stereocenters. The van der Waals surface area contributed by atoms with E-state index in [2.05, 4.69) is 4.99 Å². The molecule has 5 nitrogen and oxygen atoms in total. The number of alkyl carbamates (subject to hydrolysis) is 1. The quantitative estimate of drug-likeness (QED) is 0.470. The van der Waals surface area contributed by atoms with Gasteiger partial charge in [-0.25, -0.2) is 18.6 Å². The van der Waals surface area contributed by atoms with Gasteiger partial charge in [0, 0.05) is 22.7 Å². The Hall–Kier alpha value is -2.95. The fraction of sp³-hybridized carbons (Fsp3) is 0.263. The molecule has 1 aromatic heterocycles. The van der Waals surface area contributed by atoms with Gasteiger partial charge in [-0.15, -0.1) is 11.3 Å². The van der Waals surface area contributed by atoms with Gasteiger partial charge in [0.1, 0.15) is 17.1 Å². The van der Waals surface area contributed by atoms with E-state index in [9.17, 15) is 26.7 Å². The molecule has 1 aromatic carbocycles. The summed E-state index contributed by atoms with van der Waals surface area (Å²) in [4.78, 5) is 15.6. The molecule has 0 aliphatic heterocycles. The van der Waals surface area contributed by atoms with Gasteiger partial charge in [0.2, 0.25) is 0 Å². The first kappa shape index (κ1) is 23.3. The van der Waals surface area contributed by atoms with Crippen molar-refractivity contribution in [3.05, 3.63) is 53.2 Å². The second-order valence-corrected chi connectivity index (χ2v) is 7.87. The van der Waals surface area contributed by atoms with Crippen LogP contribution in [0.15, 0.2) is 46.5 Å². The Balaban J connectivity index is 2.59. The summed E-state index contributed by atoms with van der Waals surface area (Å²) in [5.74, 6) is -2.29. The third-order valence-corrected chi connectivity index (χ3v) is 4.27. The zero-order valence-electron chi connectivity index (χ0n) is 16.1. The Bertz CT molecular complexity index is 977. The van der Waals surface area contributed by atoms with Crippen LogP contribution in [0.5, 0.6) is 0 Å². The van der Waals surface area contributed by atoms with E-state index >= 15 is 0 Å². The molecule has 2 rings (SSSR count). The van der Waals surface area contributed by atoms with Gasteiger partial charge in [0.25, 0.3) is 0 Å². The van der Waals surface area contributed by atoms with Crippen molar-refractivity contribution >= 4 is 28.8 Å². The molecular formula is C19H18F5N3O2S. The van der Waals surface area contributed by atoms with Gasteiger partial charge < -0.3 is 10.5 Å². The smallest absolute Gasteiger partial charge is 0.435 e. The van der Waals surface area contributed by atoms with E-state index in [0.29, 0.717) is 17.1 Å². The van der Waals surface area contributed by atoms with Crippen LogP contribution in [0.3, 0.4) is 0 Å². The van der Waals surface area contributed by atoms with Crippen LogP contribution in [-0.2, 0) is 4.74 Å². The minimum absolute atomic E-state index is 0.183. The van der Waals surface area contributed by atoms with Crippen molar-refractivity contribution in [2.75, 3.05) is 0 Å². The number of hydrogen-bond donors (Lipinski definition) is 2. The number of aliphatic imine (C=N–C) groups is 1. The lowest BCUT2D eigenvalue weighted by Crippen LogP contribution is -2.38. The van der Waals surface area contributed by atoms with Crippen LogP contribution < -0.4 is 11.1 Å². The number of alkyl halides is 3. The summed E-state index contributed by atoms with van der Waals surface area (Å²) < 4.78 is 74.2. The lowest BCUT2D eigenvalue weighted by Gasteiger charge is -2.21. The number of nitrogens with zero attached hydrogens (tertiary/aromatic N) is 1. The van der Waals surface area contributed by atoms with Crippen LogP contribution in [0.2, 0.25) is 0 Å². The summed E-state index contributed by atoms with van der Waals surface area (Å²) in [6, 6.07) is 4.33. The van der Waals surface area contributed by atoms with Crippen molar-refractivity contribution in [3.63, 3.8) is 0 Å². The highest BCUT2D eigenvalue weighted by molar-refractivity contribution is 7.13. The van der Waals surface area contributed by atoms with E-state index in [4.69, 9.17) is 10.5 Å². The molecule has 30 heavy (non-hydrogen) atoms. The highest BCUT2D eigenvalue weighted by Gasteiger charge is 2.40. The molecule has 3 N–H and O–H groups in total. The number of thiophene rings is 1. The van der Waals surface area contributed by atoms with E-state index in [-0.39, 0.29) is 5.56 Å². The average Bonchev–Trinajstić information content (AvgIpc) is 3.10. The van der Waals surface area contributed by atoms with Crippen molar-refractivity contribution in [2.45, 2.75) is 32.5 Å². The minimum atomic E-state index is -5.13. The number of ether oxygens (including phenoxy) is 1. The Morgan fingerprint density at radius 2 is 1.90 bits per heavy atom. The largest absolute Gasteiger partial charge is 0.444 e. The third kappa shape index (κ3) is 6.02. The fourth-order valence-corrected chi connectivity index (χ4v) is 3.02. The maximum atomic E-state index is 14.4. The molecule has 1 amide bonds. The van der Waals surface area contributed by atoms with Gasteiger partial charge in [-0.1, -0.05) is 6.07 Å². The number of hydrogen-bond acceptors (Lipinski definition) is 5. The standard InChI is InChI=1S/C19H18F5N3O2S/c1-18(2,3)29-17(28)26-13(9-25)16(19(22,23)24)27-15-11(14-5-4-6-30-14)7-10(20)8-12(15)21/h4-9H,25H2,1-3H3,(H,26,28). The van der Waals surface area contributed by atoms with E-state index in [1.807, 2.05) is 5.32 Å². The molecular weight excluding hydrogens is 429 g/mol. The van der Waals surface area contributed by atoms with Crippen LogP contribution in [-0.4, -0.2) is 23.6 Å². The van der Waals surface area contributed by atoms with E-state index in [1.54, 1.807) is 11.4 Å². The molecule has 0 saturated heterocycles. The Morgan fingerprint density at radius 3 is 2.40 bits per heavy atom. The molecule has 0 aliphatic rings. The van der Waals surface area contributed by atoms with Crippen LogP contribution >= 0.6 is 11.3 Å². The molecule has 0 unspecified atom stereocenters. The summed E-state index contributed by atoms with van der Waals surface area (Å²) in [6.45, 7) is 4.54. The second-order valence-electron chi connectivity index (χ2n) is 6.93. The zero-order valence-corrected chi connectivity index (χ0v) is 16.9. The molecule has 0 spiro atoms. The predicted octanol–water partition coefficient (Wildman–Crippen LogP) is 5.65. The molecule has 2 aromatic rings. The zero-order chi connectivity index (χ0) is 22.7. The minimum Gasteiger partial charge on any atom is -0.444 e. The maximum absolute atomic E-state index is 14.4. The van der Waals surface area contributed by atoms with Crippen molar-refractivity contribution < 1.29 is 31.5 Å². The Kier molecular flexibility index (Phi) is 6.86. The van der Waals surface area contributed by atoms with Crippen LogP contribution in [0.25, 0.3) is 10.4 Å². The van der Waals surface area contributed by atoms with Crippen molar-refractivity contribution in [1.29, 1.82) is 0 Å². The number of carbonyl (C=O) groups excluding carboxylic acids is 1. The number of benzene rings is 1. The molecule has 0 saturated carbocycles. The van der Waals surface area contributed by atoms with Gasteiger partial charge >= 0.3 is 12.3 Å². The highest BCUT2D eigenvalue weighted by Crippen LogP contribution is 2.38. The molecule has 1 heterocycles. The van der Waals surface area contributed by atoms with Gasteiger partial charge in [0.05, 0.1) is 5.70 Å². The van der Waals surface area contributed by atoms with E-state index < -0.39 is 46.6 Å². The number of nitrogens with one attached hydrogen (secondary N) is 1. The lowest BCUT2D eigenvalue weighted by molar-refractivity contribution is -0.0584. The number of carbonyl (C=O) groups is 1. The maximum Gasteiger partial charge on any atom is 0.435 e. The number of nitrogens with two attached hydrogens (primary N) is 1. The van der Waals surface area contributed by atoms with Crippen molar-refractivity contribution in [3.8, 4) is 10.4 Å². The highest BCUT2D eigenvalue weighted by atomic mass is 32.1. The van der Waals surface area contributed by atoms with Crippen LogP contribution in [0.1, 0.15) is 20.8 Å². The molecule has 0 fully saturated rings. The molecule has 11 heteroatoms. The lowest BCUT2D eigenvalue weighted by atomic mass is 10.1. The molecule has 0 radical (unpaired) electrons. The van der Waals surface area contributed by atoms with Gasteiger partial charge in [-0.2, -0.15) is 13.2 Å². The van der Waals surface area contributed by atoms with Crippen LogP contribution in [0.4, 0.5) is 32.4 Å². The Morgan fingerprint density at radius 1 is 1.23 bits per heavy atom. The number of allylic oxidation sites excluding steroid dienone is 1. The first-order chi connectivity index (χ1) is 13.8. The third-order valence-electron chi connectivity index (χ3n) is 3.36. The molecule has 0 bridgehead atoms. The summed E-state index contributed by atoms with van der Waals surface area (Å²) in [5, 5.41) is 3.45. The molecule has 162 valence electrons. The monoisotopic (exact) mass is 447 g/mol. The fourth-order valence-electron chi connectivity index (χ4n) is 2.28. The van der Waals surface area contributed by atoms with E-state index in [1.165, 1.54) is 26.8 Å². The van der Waals surface area contributed by atoms with Gasteiger partial charge in [-0.05, 0) is 38.3 Å². The summed E-state index contributed by atoms with van der Waals surface area (Å²) in [7, 11) is 0. The van der Waals surface area contributed by atoms with Crippen molar-refractivity contribution in [1.82, 2.24) is 5.32 Å².